The van der Waals surface area contributed by atoms with Gasteiger partial charge in [0.2, 0.25) is 5.75 Å². The van der Waals surface area contributed by atoms with Gasteiger partial charge in [-0.05, 0) is 18.9 Å². The van der Waals surface area contributed by atoms with Crippen LogP contribution in [0.2, 0.25) is 0 Å². The number of hydrogen-bond acceptors (Lipinski definition) is 5. The maximum Gasteiger partial charge on any atom is 0.200 e. The van der Waals surface area contributed by atoms with Gasteiger partial charge in [0.25, 0.3) is 0 Å². The van der Waals surface area contributed by atoms with E-state index in [1.165, 1.54) is 6.07 Å². The molecule has 0 atom stereocenters. The number of aliphatic hydroxyl groups is 1. The van der Waals surface area contributed by atoms with Crippen LogP contribution in [-0.4, -0.2) is 33.6 Å². The van der Waals surface area contributed by atoms with E-state index in [0.29, 0.717) is 18.7 Å². The van der Waals surface area contributed by atoms with Gasteiger partial charge >= 0.3 is 0 Å². The average Bonchev–Trinajstić information content (AvgIpc) is 2.88. The molecule has 0 spiro atoms. The summed E-state index contributed by atoms with van der Waals surface area (Å²) in [5.41, 5.74) is 0.482. The molecule has 0 heterocycles. The third-order valence-electron chi connectivity index (χ3n) is 4.03. The average molecular weight is 267 g/mol. The van der Waals surface area contributed by atoms with E-state index in [1.807, 2.05) is 0 Å². The molecule has 0 aromatic heterocycles. The van der Waals surface area contributed by atoms with Crippen molar-refractivity contribution >= 4 is 0 Å². The van der Waals surface area contributed by atoms with Crippen molar-refractivity contribution in [2.24, 2.45) is 5.41 Å². The molecule has 106 valence electrons. The molecule has 0 saturated heterocycles. The van der Waals surface area contributed by atoms with Crippen molar-refractivity contribution in [3.8, 4) is 17.2 Å². The van der Waals surface area contributed by atoms with Gasteiger partial charge in [0.15, 0.2) is 11.5 Å². The van der Waals surface area contributed by atoms with Crippen LogP contribution in [0.25, 0.3) is 0 Å². The van der Waals surface area contributed by atoms with Gasteiger partial charge < -0.3 is 25.7 Å². The number of hydrogen-bond donors (Lipinski definition) is 5. The van der Waals surface area contributed by atoms with Crippen molar-refractivity contribution in [1.29, 1.82) is 0 Å². The highest BCUT2D eigenvalue weighted by Crippen LogP contribution is 2.38. The molecule has 0 radical (unpaired) electrons. The maximum atomic E-state index is 9.69. The number of aliphatic hydroxyl groups excluding tert-OH is 1. The number of rotatable bonds is 5. The summed E-state index contributed by atoms with van der Waals surface area (Å²) in [5, 5.41) is 41.1. The van der Waals surface area contributed by atoms with Crippen LogP contribution < -0.4 is 5.32 Å². The van der Waals surface area contributed by atoms with E-state index in [4.69, 9.17) is 0 Å². The van der Waals surface area contributed by atoms with E-state index in [1.54, 1.807) is 6.07 Å². The Hall–Kier alpha value is -1.46. The van der Waals surface area contributed by atoms with Crippen LogP contribution in [0, 0.1) is 5.41 Å². The molecule has 1 saturated carbocycles. The minimum atomic E-state index is -0.489. The molecule has 1 fully saturated rings. The SMILES string of the molecule is OCC1(CNCc2ccc(O)c(O)c2O)CCCC1. The van der Waals surface area contributed by atoms with E-state index >= 15 is 0 Å². The molecule has 2 rings (SSSR count). The molecule has 0 unspecified atom stereocenters. The Balaban J connectivity index is 1.94. The zero-order chi connectivity index (χ0) is 13.9. The molecule has 0 bridgehead atoms. The first-order valence-corrected chi connectivity index (χ1v) is 6.62. The lowest BCUT2D eigenvalue weighted by molar-refractivity contribution is 0.128. The summed E-state index contributed by atoms with van der Waals surface area (Å²) in [6.45, 7) is 1.25. The standard InChI is InChI=1S/C14H21NO4/c16-9-14(5-1-2-6-14)8-15-7-10-3-4-11(17)13(19)12(10)18/h3-4,15-19H,1-2,5-9H2. The Bertz CT molecular complexity index is 441. The topological polar surface area (TPSA) is 93.0 Å². The molecule has 1 aliphatic rings. The van der Waals surface area contributed by atoms with Crippen LogP contribution in [0.5, 0.6) is 17.2 Å². The third-order valence-corrected chi connectivity index (χ3v) is 4.03. The highest BCUT2D eigenvalue weighted by atomic mass is 16.3. The zero-order valence-electron chi connectivity index (χ0n) is 10.9. The van der Waals surface area contributed by atoms with Gasteiger partial charge in [-0.2, -0.15) is 0 Å². The monoisotopic (exact) mass is 267 g/mol. The van der Waals surface area contributed by atoms with Crippen LogP contribution in [-0.2, 0) is 6.54 Å². The summed E-state index contributed by atoms with van der Waals surface area (Å²) in [7, 11) is 0. The van der Waals surface area contributed by atoms with Crippen molar-refractivity contribution in [3.05, 3.63) is 17.7 Å². The number of nitrogens with one attached hydrogen (secondary N) is 1. The van der Waals surface area contributed by atoms with Gasteiger partial charge in [0.05, 0.1) is 0 Å². The first-order valence-electron chi connectivity index (χ1n) is 6.62. The Morgan fingerprint density at radius 2 is 1.74 bits per heavy atom. The molecular formula is C14H21NO4. The Morgan fingerprint density at radius 1 is 1.05 bits per heavy atom. The Labute approximate surface area is 112 Å². The van der Waals surface area contributed by atoms with Gasteiger partial charge in [0, 0.05) is 30.7 Å². The smallest absolute Gasteiger partial charge is 0.200 e. The summed E-state index contributed by atoms with van der Waals surface area (Å²) in [6, 6.07) is 2.92. The summed E-state index contributed by atoms with van der Waals surface area (Å²) < 4.78 is 0. The van der Waals surface area contributed by atoms with E-state index in [2.05, 4.69) is 5.32 Å². The number of phenols is 3. The zero-order valence-corrected chi connectivity index (χ0v) is 10.9. The van der Waals surface area contributed by atoms with Gasteiger partial charge in [-0.1, -0.05) is 18.9 Å². The normalized spacial score (nSPS) is 17.7. The Kier molecular flexibility index (Phi) is 4.17. The van der Waals surface area contributed by atoms with Gasteiger partial charge in [0.1, 0.15) is 0 Å². The minimum absolute atomic E-state index is 0.0470. The first-order chi connectivity index (χ1) is 9.08. The maximum absolute atomic E-state index is 9.69. The molecule has 1 aromatic carbocycles. The number of phenolic OH excluding ortho intramolecular Hbond substituents is 3. The fourth-order valence-electron chi connectivity index (χ4n) is 2.73. The lowest BCUT2D eigenvalue weighted by Crippen LogP contribution is -2.34. The summed E-state index contributed by atoms with van der Waals surface area (Å²) in [6.07, 6.45) is 4.33. The minimum Gasteiger partial charge on any atom is -0.504 e. The second-order valence-electron chi connectivity index (χ2n) is 5.41. The fraction of sp³-hybridized carbons (Fsp3) is 0.571. The summed E-state index contributed by atoms with van der Waals surface area (Å²) in [5.74, 6) is -1.11. The number of aromatic hydroxyl groups is 3. The van der Waals surface area contributed by atoms with E-state index < -0.39 is 5.75 Å². The molecule has 5 heteroatoms. The predicted molar refractivity (Wildman–Crippen MR) is 71.1 cm³/mol. The van der Waals surface area contributed by atoms with Gasteiger partial charge in [-0.15, -0.1) is 0 Å². The predicted octanol–water partition coefficient (Wildman–Crippen LogP) is 1.45. The lowest BCUT2D eigenvalue weighted by atomic mass is 9.87. The summed E-state index contributed by atoms with van der Waals surface area (Å²) in [4.78, 5) is 0. The molecule has 1 aromatic rings. The van der Waals surface area contributed by atoms with Gasteiger partial charge in [-0.3, -0.25) is 0 Å². The Morgan fingerprint density at radius 3 is 2.37 bits per heavy atom. The van der Waals surface area contributed by atoms with Crippen LogP contribution in [0.4, 0.5) is 0 Å². The van der Waals surface area contributed by atoms with Crippen LogP contribution in [0.1, 0.15) is 31.2 Å². The van der Waals surface area contributed by atoms with Crippen molar-refractivity contribution in [3.63, 3.8) is 0 Å². The molecule has 5 nitrogen and oxygen atoms in total. The number of benzene rings is 1. The van der Waals surface area contributed by atoms with Crippen LogP contribution in [0.3, 0.4) is 0 Å². The van der Waals surface area contributed by atoms with Crippen molar-refractivity contribution < 1.29 is 20.4 Å². The fourth-order valence-corrected chi connectivity index (χ4v) is 2.73. The van der Waals surface area contributed by atoms with E-state index in [0.717, 1.165) is 25.7 Å². The largest absolute Gasteiger partial charge is 0.504 e. The molecular weight excluding hydrogens is 246 g/mol. The second kappa shape index (κ2) is 5.67. The van der Waals surface area contributed by atoms with Crippen molar-refractivity contribution in [2.45, 2.75) is 32.2 Å². The molecule has 19 heavy (non-hydrogen) atoms. The summed E-state index contributed by atoms with van der Waals surface area (Å²) >= 11 is 0. The van der Waals surface area contributed by atoms with Gasteiger partial charge in [-0.25, -0.2) is 0 Å². The van der Waals surface area contributed by atoms with E-state index in [-0.39, 0.29) is 23.5 Å². The third kappa shape index (κ3) is 2.93. The molecule has 0 amide bonds. The highest BCUT2D eigenvalue weighted by molar-refractivity contribution is 5.52. The molecule has 1 aliphatic carbocycles. The second-order valence-corrected chi connectivity index (χ2v) is 5.41. The quantitative estimate of drug-likeness (QED) is 0.521. The molecule has 5 N–H and O–H groups in total. The van der Waals surface area contributed by atoms with Crippen LogP contribution >= 0.6 is 0 Å². The highest BCUT2D eigenvalue weighted by Gasteiger charge is 2.32. The van der Waals surface area contributed by atoms with E-state index in [9.17, 15) is 20.4 Å². The molecule has 0 aliphatic heterocycles. The van der Waals surface area contributed by atoms with Crippen LogP contribution in [0.15, 0.2) is 12.1 Å². The first kappa shape index (κ1) is 14.0. The lowest BCUT2D eigenvalue weighted by Gasteiger charge is -2.26. The van der Waals surface area contributed by atoms with Crippen molar-refractivity contribution in [1.82, 2.24) is 5.32 Å². The van der Waals surface area contributed by atoms with Crippen molar-refractivity contribution in [2.75, 3.05) is 13.2 Å².